The highest BCUT2D eigenvalue weighted by molar-refractivity contribution is 6.21. The molecule has 2 heteroatoms. The third-order valence-electron chi connectivity index (χ3n) is 4.96. The summed E-state index contributed by atoms with van der Waals surface area (Å²) in [4.78, 5) is 0. The number of alkyl halides is 1. The summed E-state index contributed by atoms with van der Waals surface area (Å²) < 4.78 is 6.21. The van der Waals surface area contributed by atoms with Crippen molar-refractivity contribution in [2.24, 2.45) is 5.41 Å². The predicted molar refractivity (Wildman–Crippen MR) is 80.0 cm³/mol. The Morgan fingerprint density at radius 3 is 2.47 bits per heavy atom. The average molecular weight is 279 g/mol. The van der Waals surface area contributed by atoms with Crippen LogP contribution in [-0.4, -0.2) is 11.5 Å². The molecule has 0 saturated heterocycles. The Labute approximate surface area is 121 Å². The van der Waals surface area contributed by atoms with Gasteiger partial charge in [0.25, 0.3) is 0 Å². The third-order valence-corrected chi connectivity index (χ3v) is 5.57. The van der Waals surface area contributed by atoms with Gasteiger partial charge in [0.15, 0.2) is 0 Å². The number of benzene rings is 1. The first-order valence-corrected chi connectivity index (χ1v) is 8.08. The minimum absolute atomic E-state index is 0.281. The molecule has 0 radical (unpaired) electrons. The molecule has 0 bridgehead atoms. The molecule has 104 valence electrons. The molecule has 0 amide bonds. The van der Waals surface area contributed by atoms with Crippen LogP contribution in [0.4, 0.5) is 0 Å². The standard InChI is InChI=1S/C17H23ClO/c1-2-5-13-6-8-14(9-7-13)19-16-12-15(18)17(16)10-3-4-11-17/h6-9,15-16H,2-5,10-12H2,1H3. The van der Waals surface area contributed by atoms with E-state index in [1.165, 1.54) is 37.7 Å². The predicted octanol–water partition coefficient (Wildman–Crippen LogP) is 4.96. The van der Waals surface area contributed by atoms with Gasteiger partial charge in [0, 0.05) is 17.2 Å². The van der Waals surface area contributed by atoms with Crippen LogP contribution < -0.4 is 4.74 Å². The molecular formula is C17H23ClO. The second-order valence-electron chi connectivity index (χ2n) is 6.14. The van der Waals surface area contributed by atoms with Gasteiger partial charge in [-0.15, -0.1) is 11.6 Å². The second-order valence-corrected chi connectivity index (χ2v) is 6.67. The Bertz CT molecular complexity index is 419. The van der Waals surface area contributed by atoms with Crippen molar-refractivity contribution in [2.45, 2.75) is 63.4 Å². The molecule has 0 N–H and O–H groups in total. The summed E-state index contributed by atoms with van der Waals surface area (Å²) in [7, 11) is 0. The van der Waals surface area contributed by atoms with E-state index in [0.29, 0.717) is 11.5 Å². The lowest BCUT2D eigenvalue weighted by Crippen LogP contribution is -2.55. The molecule has 1 aromatic rings. The molecular weight excluding hydrogens is 256 g/mol. The van der Waals surface area contributed by atoms with Crippen LogP contribution in [0.1, 0.15) is 51.0 Å². The molecule has 2 aliphatic rings. The van der Waals surface area contributed by atoms with Crippen molar-refractivity contribution in [3.63, 3.8) is 0 Å². The summed E-state index contributed by atoms with van der Waals surface area (Å²) in [5.74, 6) is 1.01. The zero-order valence-electron chi connectivity index (χ0n) is 11.7. The topological polar surface area (TPSA) is 9.23 Å². The smallest absolute Gasteiger partial charge is 0.119 e. The monoisotopic (exact) mass is 278 g/mol. The molecule has 1 nitrogen and oxygen atoms in total. The Kier molecular flexibility index (Phi) is 3.75. The summed E-state index contributed by atoms with van der Waals surface area (Å²) >= 11 is 6.46. The van der Waals surface area contributed by atoms with E-state index in [1.807, 2.05) is 0 Å². The summed E-state index contributed by atoms with van der Waals surface area (Å²) in [6.45, 7) is 2.21. The molecule has 19 heavy (non-hydrogen) atoms. The molecule has 2 atom stereocenters. The number of ether oxygens (including phenoxy) is 1. The Hall–Kier alpha value is -0.690. The van der Waals surface area contributed by atoms with Crippen molar-refractivity contribution in [3.8, 4) is 5.75 Å². The molecule has 2 aliphatic carbocycles. The van der Waals surface area contributed by atoms with Gasteiger partial charge in [-0.05, 0) is 37.0 Å². The molecule has 2 saturated carbocycles. The zero-order chi connectivity index (χ0) is 13.3. The average Bonchev–Trinajstić information content (AvgIpc) is 2.93. The van der Waals surface area contributed by atoms with Crippen LogP contribution in [0.15, 0.2) is 24.3 Å². The molecule has 0 aromatic heterocycles. The van der Waals surface area contributed by atoms with Crippen LogP contribution in [0.5, 0.6) is 5.75 Å². The normalized spacial score (nSPS) is 28.3. The third kappa shape index (κ3) is 2.38. The number of aryl methyl sites for hydroxylation is 1. The summed E-state index contributed by atoms with van der Waals surface area (Å²) in [5, 5.41) is 0.333. The van der Waals surface area contributed by atoms with Crippen LogP contribution in [0.25, 0.3) is 0 Å². The molecule has 3 rings (SSSR count). The fourth-order valence-corrected chi connectivity index (χ4v) is 4.24. The molecule has 0 aliphatic heterocycles. The van der Waals surface area contributed by atoms with Crippen molar-refractivity contribution < 1.29 is 4.74 Å². The minimum atomic E-state index is 0.281. The van der Waals surface area contributed by atoms with Gasteiger partial charge >= 0.3 is 0 Å². The van der Waals surface area contributed by atoms with E-state index < -0.39 is 0 Å². The van der Waals surface area contributed by atoms with Gasteiger partial charge in [-0.25, -0.2) is 0 Å². The van der Waals surface area contributed by atoms with E-state index in [2.05, 4.69) is 31.2 Å². The van der Waals surface area contributed by atoms with Gasteiger partial charge in [0.05, 0.1) is 0 Å². The minimum Gasteiger partial charge on any atom is -0.490 e. The van der Waals surface area contributed by atoms with Crippen LogP contribution in [-0.2, 0) is 6.42 Å². The highest BCUT2D eigenvalue weighted by Gasteiger charge is 2.56. The van der Waals surface area contributed by atoms with E-state index in [-0.39, 0.29) is 5.41 Å². The SMILES string of the molecule is CCCc1ccc(OC2CC(Cl)C23CCCC3)cc1. The maximum Gasteiger partial charge on any atom is 0.119 e. The maximum atomic E-state index is 6.46. The highest BCUT2D eigenvalue weighted by atomic mass is 35.5. The quantitative estimate of drug-likeness (QED) is 0.708. The van der Waals surface area contributed by atoms with Gasteiger partial charge in [-0.1, -0.05) is 38.3 Å². The van der Waals surface area contributed by atoms with E-state index in [1.54, 1.807) is 0 Å². The number of rotatable bonds is 4. The fraction of sp³-hybridized carbons (Fsp3) is 0.647. The van der Waals surface area contributed by atoms with Crippen molar-refractivity contribution in [2.75, 3.05) is 0 Å². The zero-order valence-corrected chi connectivity index (χ0v) is 12.5. The summed E-state index contributed by atoms with van der Waals surface area (Å²) in [6, 6.07) is 8.62. The molecule has 2 unspecified atom stereocenters. The summed E-state index contributed by atoms with van der Waals surface area (Å²) in [6.07, 6.45) is 8.83. The Balaban J connectivity index is 1.65. The van der Waals surface area contributed by atoms with Gasteiger partial charge in [0.2, 0.25) is 0 Å². The number of hydrogen-bond acceptors (Lipinski definition) is 1. The number of hydrogen-bond donors (Lipinski definition) is 0. The van der Waals surface area contributed by atoms with E-state index in [9.17, 15) is 0 Å². The van der Waals surface area contributed by atoms with Crippen molar-refractivity contribution in [1.29, 1.82) is 0 Å². The van der Waals surface area contributed by atoms with Crippen LogP contribution in [0, 0.1) is 5.41 Å². The van der Waals surface area contributed by atoms with Crippen LogP contribution in [0.3, 0.4) is 0 Å². The van der Waals surface area contributed by atoms with Crippen molar-refractivity contribution in [3.05, 3.63) is 29.8 Å². The molecule has 0 heterocycles. The lowest BCUT2D eigenvalue weighted by Gasteiger charge is -2.50. The Morgan fingerprint density at radius 2 is 1.89 bits per heavy atom. The summed E-state index contributed by atoms with van der Waals surface area (Å²) in [5.41, 5.74) is 1.68. The van der Waals surface area contributed by atoms with Crippen LogP contribution in [0.2, 0.25) is 0 Å². The first kappa shape index (κ1) is 13.3. The molecule has 2 fully saturated rings. The van der Waals surface area contributed by atoms with Gasteiger partial charge < -0.3 is 4.74 Å². The highest BCUT2D eigenvalue weighted by Crippen LogP contribution is 2.57. The second kappa shape index (κ2) is 5.36. The van der Waals surface area contributed by atoms with E-state index in [4.69, 9.17) is 16.3 Å². The van der Waals surface area contributed by atoms with E-state index in [0.717, 1.165) is 18.6 Å². The first-order valence-electron chi connectivity index (χ1n) is 7.64. The van der Waals surface area contributed by atoms with Gasteiger partial charge in [0.1, 0.15) is 11.9 Å². The van der Waals surface area contributed by atoms with Crippen LogP contribution >= 0.6 is 11.6 Å². The largest absolute Gasteiger partial charge is 0.490 e. The maximum absolute atomic E-state index is 6.46. The van der Waals surface area contributed by atoms with Gasteiger partial charge in [-0.2, -0.15) is 0 Å². The fourth-order valence-electron chi connectivity index (χ4n) is 3.72. The van der Waals surface area contributed by atoms with Crippen molar-refractivity contribution >= 4 is 11.6 Å². The lowest BCUT2D eigenvalue weighted by molar-refractivity contribution is -0.0355. The Morgan fingerprint density at radius 1 is 1.21 bits per heavy atom. The molecule has 1 spiro atoms. The first-order chi connectivity index (χ1) is 9.24. The molecule has 1 aromatic carbocycles. The number of halogens is 1. The van der Waals surface area contributed by atoms with Crippen molar-refractivity contribution in [1.82, 2.24) is 0 Å². The van der Waals surface area contributed by atoms with E-state index >= 15 is 0 Å². The van der Waals surface area contributed by atoms with Gasteiger partial charge in [-0.3, -0.25) is 0 Å². The lowest BCUT2D eigenvalue weighted by atomic mass is 9.64.